The number of rotatable bonds is 5. The van der Waals surface area contributed by atoms with E-state index in [1.165, 1.54) is 0 Å². The van der Waals surface area contributed by atoms with E-state index in [0.29, 0.717) is 19.4 Å². The summed E-state index contributed by atoms with van der Waals surface area (Å²) in [4.78, 5) is 24.0. The molecule has 0 aromatic heterocycles. The zero-order valence-corrected chi connectivity index (χ0v) is 11.4. The van der Waals surface area contributed by atoms with E-state index in [1.54, 1.807) is 11.9 Å². The van der Waals surface area contributed by atoms with Crippen molar-refractivity contribution in [3.8, 4) is 0 Å². The van der Waals surface area contributed by atoms with Crippen molar-refractivity contribution >= 4 is 12.2 Å². The Morgan fingerprint density at radius 1 is 1.19 bits per heavy atom. The molecule has 0 saturated carbocycles. The van der Waals surface area contributed by atoms with Crippen LogP contribution in [0.15, 0.2) is 0 Å². The Morgan fingerprint density at radius 2 is 1.69 bits per heavy atom. The summed E-state index contributed by atoms with van der Waals surface area (Å²) < 4.78 is 0. The van der Waals surface area contributed by atoms with Crippen LogP contribution in [0.3, 0.4) is 0 Å². The summed E-state index contributed by atoms with van der Waals surface area (Å²) in [7, 11) is 1.79. The summed E-state index contributed by atoms with van der Waals surface area (Å²) in [6.07, 6.45) is 2.81. The molecule has 0 bridgehead atoms. The van der Waals surface area contributed by atoms with Gasteiger partial charge in [0.2, 0.25) is 5.91 Å². The van der Waals surface area contributed by atoms with Gasteiger partial charge in [0.25, 0.3) is 0 Å². The molecule has 0 aromatic rings. The summed E-state index contributed by atoms with van der Waals surface area (Å²) in [6, 6.07) is 0. The minimum Gasteiger partial charge on any atom is -0.345 e. The zero-order chi connectivity index (χ0) is 13.0. The number of nitrogens with zero attached hydrogens (tertiary/aromatic N) is 1. The molecule has 0 aliphatic heterocycles. The quantitative estimate of drug-likeness (QED) is 0.722. The predicted octanol–water partition coefficient (Wildman–Crippen LogP) is 2.41. The molecule has 0 atom stereocenters. The van der Waals surface area contributed by atoms with E-state index in [-0.39, 0.29) is 16.7 Å². The van der Waals surface area contributed by atoms with Gasteiger partial charge in [0.1, 0.15) is 0 Å². The maximum absolute atomic E-state index is 11.9. The smallest absolute Gasteiger partial charge is 0.222 e. The Kier molecular flexibility index (Phi) is 5.17. The van der Waals surface area contributed by atoms with Gasteiger partial charge in [-0.05, 0) is 10.8 Å². The molecule has 0 aliphatic rings. The molecule has 16 heavy (non-hydrogen) atoms. The molecular weight excluding hydrogens is 202 g/mol. The third kappa shape index (κ3) is 6.59. The van der Waals surface area contributed by atoms with Gasteiger partial charge >= 0.3 is 0 Å². The van der Waals surface area contributed by atoms with Gasteiger partial charge < -0.3 is 4.90 Å². The first-order valence-corrected chi connectivity index (χ1v) is 5.66. The van der Waals surface area contributed by atoms with Gasteiger partial charge in [-0.2, -0.15) is 0 Å². The first-order valence-electron chi connectivity index (χ1n) is 5.66. The molecule has 0 aromatic carbocycles. The topological polar surface area (TPSA) is 37.4 Å². The predicted molar refractivity (Wildman–Crippen MR) is 65.8 cm³/mol. The fourth-order valence-electron chi connectivity index (χ4n) is 1.57. The first-order chi connectivity index (χ1) is 7.07. The molecule has 0 saturated heterocycles. The van der Waals surface area contributed by atoms with Crippen molar-refractivity contribution in [2.24, 2.45) is 10.8 Å². The van der Waals surface area contributed by atoms with Crippen molar-refractivity contribution in [3.63, 3.8) is 0 Å². The largest absolute Gasteiger partial charge is 0.345 e. The maximum Gasteiger partial charge on any atom is 0.222 e. The Morgan fingerprint density at radius 3 is 2.06 bits per heavy atom. The number of carbonyl (C=O) groups is 1. The molecule has 0 fully saturated rings. The fourth-order valence-corrected chi connectivity index (χ4v) is 1.57. The van der Waals surface area contributed by atoms with Crippen LogP contribution in [-0.4, -0.2) is 30.7 Å². The third-order valence-electron chi connectivity index (χ3n) is 2.32. The minimum atomic E-state index is -0.190. The van der Waals surface area contributed by atoms with Crippen LogP contribution in [0.1, 0.15) is 47.5 Å². The van der Waals surface area contributed by atoms with Crippen LogP contribution in [0.25, 0.3) is 0 Å². The molecule has 93 valence electrons. The maximum atomic E-state index is 11.9. The third-order valence-corrected chi connectivity index (χ3v) is 2.32. The minimum absolute atomic E-state index is 0.00622. The van der Waals surface area contributed by atoms with Crippen LogP contribution in [0, 0.1) is 10.8 Å². The highest BCUT2D eigenvalue weighted by Gasteiger charge is 2.25. The van der Waals surface area contributed by atoms with Gasteiger partial charge in [-0.25, -0.2) is 0 Å². The highest BCUT2D eigenvalue weighted by atomic mass is 16.2. The van der Waals surface area contributed by atoms with Gasteiger partial charge in [0, 0.05) is 26.4 Å². The molecule has 3 heteroatoms. The normalized spacial score (nSPS) is 12.4. The van der Waals surface area contributed by atoms with E-state index in [0.717, 1.165) is 0 Å². The number of amides is 1. The van der Waals surface area contributed by atoms with Gasteiger partial charge in [0.15, 0.2) is 6.29 Å². The van der Waals surface area contributed by atoms with Crippen LogP contribution in [0.5, 0.6) is 0 Å². The molecule has 0 aliphatic carbocycles. The van der Waals surface area contributed by atoms with Crippen molar-refractivity contribution in [2.75, 3.05) is 13.6 Å². The summed E-state index contributed by atoms with van der Waals surface area (Å²) in [5, 5.41) is 0. The van der Waals surface area contributed by atoms with E-state index in [2.05, 4.69) is 0 Å². The number of hydrogen-bond donors (Lipinski definition) is 0. The molecule has 1 amide bonds. The summed E-state index contributed by atoms with van der Waals surface area (Å²) in [5.41, 5.74) is -0.184. The van der Waals surface area contributed by atoms with E-state index in [4.69, 9.17) is 0 Å². The zero-order valence-electron chi connectivity index (χ0n) is 11.4. The van der Waals surface area contributed by atoms with Crippen molar-refractivity contribution in [1.29, 1.82) is 0 Å². The van der Waals surface area contributed by atoms with Gasteiger partial charge in [-0.3, -0.25) is 9.59 Å². The second-order valence-electron chi connectivity index (χ2n) is 6.47. The Balaban J connectivity index is 4.30. The molecule has 0 heterocycles. The van der Waals surface area contributed by atoms with E-state index in [9.17, 15) is 9.59 Å². The van der Waals surface area contributed by atoms with Crippen LogP contribution in [0.4, 0.5) is 0 Å². The van der Waals surface area contributed by atoms with Crippen LogP contribution < -0.4 is 0 Å². The lowest BCUT2D eigenvalue weighted by Gasteiger charge is -2.30. The molecule has 0 N–H and O–H groups in total. The van der Waals surface area contributed by atoms with Gasteiger partial charge in [-0.1, -0.05) is 34.6 Å². The van der Waals surface area contributed by atoms with Gasteiger partial charge in [0.05, 0.1) is 0 Å². The Bertz CT molecular complexity index is 251. The molecular formula is C13H24NO2. The van der Waals surface area contributed by atoms with Crippen LogP contribution >= 0.6 is 0 Å². The van der Waals surface area contributed by atoms with Crippen LogP contribution in [0.2, 0.25) is 0 Å². The van der Waals surface area contributed by atoms with Crippen LogP contribution in [-0.2, 0) is 9.59 Å². The van der Waals surface area contributed by atoms with Gasteiger partial charge in [-0.15, -0.1) is 0 Å². The molecule has 0 spiro atoms. The number of hydrogen-bond acceptors (Lipinski definition) is 2. The standard InChI is InChI=1S/C13H24NO2/c1-12(2,3)9-11(16)14(6)10-13(4,5)7-8-15/h7,9-10H2,1-6H3. The summed E-state index contributed by atoms with van der Waals surface area (Å²) in [6.45, 7) is 10.7. The second-order valence-corrected chi connectivity index (χ2v) is 6.47. The van der Waals surface area contributed by atoms with Crippen molar-refractivity contribution in [1.82, 2.24) is 4.90 Å². The number of carbonyl (C=O) groups excluding carboxylic acids is 2. The average molecular weight is 226 g/mol. The lowest BCUT2D eigenvalue weighted by Crippen LogP contribution is -2.37. The van der Waals surface area contributed by atoms with Crippen molar-refractivity contribution < 1.29 is 9.59 Å². The average Bonchev–Trinajstić information content (AvgIpc) is 1.99. The molecule has 3 nitrogen and oxygen atoms in total. The Labute approximate surface area is 99.2 Å². The van der Waals surface area contributed by atoms with E-state index in [1.807, 2.05) is 40.9 Å². The monoisotopic (exact) mass is 226 g/mol. The SMILES string of the molecule is CN(CC(C)(C)C[C]=O)C(=O)CC(C)(C)C. The van der Waals surface area contributed by atoms with E-state index < -0.39 is 0 Å². The summed E-state index contributed by atoms with van der Waals surface area (Å²) in [5.74, 6) is 0.131. The van der Waals surface area contributed by atoms with Crippen molar-refractivity contribution in [3.05, 3.63) is 0 Å². The lowest BCUT2D eigenvalue weighted by atomic mass is 9.88. The molecule has 1 radical (unpaired) electrons. The molecule has 0 unspecified atom stereocenters. The molecule has 0 rings (SSSR count). The van der Waals surface area contributed by atoms with Crippen molar-refractivity contribution in [2.45, 2.75) is 47.5 Å². The lowest BCUT2D eigenvalue weighted by molar-refractivity contribution is -0.133. The fraction of sp³-hybridized carbons (Fsp3) is 0.846. The Hall–Kier alpha value is -0.860. The highest BCUT2D eigenvalue weighted by molar-refractivity contribution is 5.76. The summed E-state index contributed by atoms with van der Waals surface area (Å²) >= 11 is 0. The second kappa shape index (κ2) is 5.46. The first kappa shape index (κ1) is 15.1. The van der Waals surface area contributed by atoms with E-state index >= 15 is 0 Å². The highest BCUT2D eigenvalue weighted by Crippen LogP contribution is 2.23.